The van der Waals surface area contributed by atoms with Gasteiger partial charge in [-0.3, -0.25) is 0 Å². The largest absolute Gasteiger partial charge is 0.460 e. The summed E-state index contributed by atoms with van der Waals surface area (Å²) in [6.45, 7) is 9.90. The Morgan fingerprint density at radius 3 is 1.23 bits per heavy atom. The second-order valence-corrected chi connectivity index (χ2v) is 5.81. The number of halogens is 1. The number of hydrogen-bond donors (Lipinski definition) is 0. The predicted molar refractivity (Wildman–Crippen MR) is 105 cm³/mol. The van der Waals surface area contributed by atoms with Gasteiger partial charge in [0, 0.05) is 10.5 Å². The first-order valence-corrected chi connectivity index (χ1v) is 10.2. The van der Waals surface area contributed by atoms with Crippen LogP contribution in [0.25, 0.3) is 0 Å². The summed E-state index contributed by atoms with van der Waals surface area (Å²) in [5.74, 6) is -0.449. The third kappa shape index (κ3) is 21.7. The van der Waals surface area contributed by atoms with Crippen molar-refractivity contribution in [3.8, 4) is 0 Å². The van der Waals surface area contributed by atoms with Crippen molar-refractivity contribution in [1.29, 1.82) is 0 Å². The molecule has 26 heavy (non-hydrogen) atoms. The number of hydrogen-bond acceptors (Lipinski definition) is 8. The van der Waals surface area contributed by atoms with Crippen molar-refractivity contribution in [3.05, 3.63) is 12.7 Å². The van der Waals surface area contributed by atoms with E-state index in [2.05, 4.69) is 29.2 Å². The predicted octanol–water partition coefficient (Wildman–Crippen LogP) is 1.25. The molecule has 9 heteroatoms. The number of ether oxygens (including phenoxy) is 7. The highest BCUT2D eigenvalue weighted by Gasteiger charge is 1.96. The second kappa shape index (κ2) is 22.7. The van der Waals surface area contributed by atoms with E-state index in [9.17, 15) is 4.79 Å². The maximum Gasteiger partial charge on any atom is 0.330 e. The van der Waals surface area contributed by atoms with Gasteiger partial charge in [-0.15, -0.1) is 0 Å². The topological polar surface area (TPSA) is 81.7 Å². The summed E-state index contributed by atoms with van der Waals surface area (Å²) in [5.41, 5.74) is 0. The normalized spacial score (nSPS) is 10.8. The van der Waals surface area contributed by atoms with Gasteiger partial charge in [-0.2, -0.15) is 0 Å². The Morgan fingerprint density at radius 2 is 0.923 bits per heavy atom. The maximum atomic E-state index is 10.7. The first-order chi connectivity index (χ1) is 12.8. The molecular formula is C17H31IO8. The Labute approximate surface area is 169 Å². The summed E-state index contributed by atoms with van der Waals surface area (Å²) in [4.78, 5) is 10.7. The number of carbonyl (C=O) groups excluding carboxylic acids is 1. The van der Waals surface area contributed by atoms with E-state index in [4.69, 9.17) is 33.2 Å². The average Bonchev–Trinajstić information content (AvgIpc) is 2.66. The van der Waals surface area contributed by atoms with Gasteiger partial charge in [-0.1, -0.05) is 29.2 Å². The highest BCUT2D eigenvalue weighted by molar-refractivity contribution is 14.1. The zero-order valence-electron chi connectivity index (χ0n) is 15.3. The molecule has 154 valence electrons. The van der Waals surface area contributed by atoms with E-state index in [1.54, 1.807) is 0 Å². The minimum absolute atomic E-state index is 0.214. The van der Waals surface area contributed by atoms with E-state index in [0.29, 0.717) is 72.7 Å². The number of esters is 1. The molecule has 0 atom stereocenters. The van der Waals surface area contributed by atoms with Crippen LogP contribution in [0.2, 0.25) is 0 Å². The van der Waals surface area contributed by atoms with Crippen molar-refractivity contribution in [3.63, 3.8) is 0 Å². The van der Waals surface area contributed by atoms with E-state index < -0.39 is 5.97 Å². The minimum atomic E-state index is -0.449. The number of carbonyl (C=O) groups is 1. The number of alkyl halides is 1. The third-order valence-corrected chi connectivity index (χ3v) is 3.16. The molecule has 0 aliphatic heterocycles. The van der Waals surface area contributed by atoms with Crippen LogP contribution in [0, 0.1) is 0 Å². The molecule has 0 rings (SSSR count). The van der Waals surface area contributed by atoms with Gasteiger partial charge in [0.25, 0.3) is 0 Å². The van der Waals surface area contributed by atoms with Crippen LogP contribution in [-0.4, -0.2) is 96.3 Å². The molecule has 0 fully saturated rings. The van der Waals surface area contributed by atoms with Crippen LogP contribution in [0.15, 0.2) is 12.7 Å². The average molecular weight is 490 g/mol. The molecule has 0 aliphatic carbocycles. The molecule has 0 amide bonds. The molecule has 0 aromatic heterocycles. The lowest BCUT2D eigenvalue weighted by Gasteiger charge is -2.08. The Morgan fingerprint density at radius 1 is 0.615 bits per heavy atom. The van der Waals surface area contributed by atoms with Crippen LogP contribution < -0.4 is 0 Å². The van der Waals surface area contributed by atoms with E-state index in [1.807, 2.05) is 0 Å². The summed E-state index contributed by atoms with van der Waals surface area (Å²) in [7, 11) is 0. The SMILES string of the molecule is C=CC(=O)OCCOCCOCCOCCOCCOCCOCCI. The molecule has 0 spiro atoms. The first kappa shape index (κ1) is 25.7. The van der Waals surface area contributed by atoms with Crippen molar-refractivity contribution in [2.45, 2.75) is 0 Å². The fraction of sp³-hybridized carbons (Fsp3) is 0.824. The van der Waals surface area contributed by atoms with Crippen molar-refractivity contribution < 1.29 is 38.0 Å². The summed E-state index contributed by atoms with van der Waals surface area (Å²) in [6, 6.07) is 0. The maximum absolute atomic E-state index is 10.7. The fourth-order valence-corrected chi connectivity index (χ4v) is 1.83. The molecule has 0 heterocycles. The highest BCUT2D eigenvalue weighted by Crippen LogP contribution is 1.86. The molecule has 0 saturated heterocycles. The van der Waals surface area contributed by atoms with Gasteiger partial charge in [0.2, 0.25) is 0 Å². The molecule has 0 aromatic rings. The lowest BCUT2D eigenvalue weighted by Crippen LogP contribution is -2.15. The van der Waals surface area contributed by atoms with Gasteiger partial charge in [-0.25, -0.2) is 4.79 Å². The molecule has 8 nitrogen and oxygen atoms in total. The van der Waals surface area contributed by atoms with Gasteiger partial charge >= 0.3 is 5.97 Å². The Balaban J connectivity index is 3.01. The lowest BCUT2D eigenvalue weighted by atomic mass is 10.6. The van der Waals surface area contributed by atoms with Gasteiger partial charge < -0.3 is 33.2 Å². The van der Waals surface area contributed by atoms with Crippen molar-refractivity contribution in [2.24, 2.45) is 0 Å². The standard InChI is InChI=1S/C17H31IO8/c1-2-17(19)26-16-15-25-14-13-24-12-11-23-10-9-22-8-7-21-6-5-20-4-3-18/h2H,1,3-16H2. The highest BCUT2D eigenvalue weighted by atomic mass is 127. The van der Waals surface area contributed by atoms with Crippen LogP contribution >= 0.6 is 22.6 Å². The molecule has 0 radical (unpaired) electrons. The minimum Gasteiger partial charge on any atom is -0.460 e. The summed E-state index contributed by atoms with van der Waals surface area (Å²) >= 11 is 2.27. The van der Waals surface area contributed by atoms with Gasteiger partial charge in [-0.05, 0) is 0 Å². The van der Waals surface area contributed by atoms with Gasteiger partial charge in [0.05, 0.1) is 79.3 Å². The third-order valence-electron chi connectivity index (χ3n) is 2.72. The smallest absolute Gasteiger partial charge is 0.330 e. The Bertz CT molecular complexity index is 317. The lowest BCUT2D eigenvalue weighted by molar-refractivity contribution is -0.139. The first-order valence-electron chi connectivity index (χ1n) is 8.63. The summed E-state index contributed by atoms with van der Waals surface area (Å²) in [5, 5.41) is 0. The second-order valence-electron chi connectivity index (χ2n) is 4.73. The molecule has 0 aliphatic rings. The van der Waals surface area contributed by atoms with Gasteiger partial charge in [0.15, 0.2) is 0 Å². The van der Waals surface area contributed by atoms with Crippen LogP contribution in [0.5, 0.6) is 0 Å². The van der Waals surface area contributed by atoms with Crippen molar-refractivity contribution in [2.75, 3.05) is 90.3 Å². The molecule has 0 unspecified atom stereocenters. The Kier molecular flexibility index (Phi) is 22.5. The zero-order valence-corrected chi connectivity index (χ0v) is 17.5. The molecular weight excluding hydrogens is 459 g/mol. The molecule has 0 saturated carbocycles. The van der Waals surface area contributed by atoms with E-state index in [1.165, 1.54) is 0 Å². The van der Waals surface area contributed by atoms with Crippen molar-refractivity contribution in [1.82, 2.24) is 0 Å². The van der Waals surface area contributed by atoms with Crippen LogP contribution in [0.4, 0.5) is 0 Å². The van der Waals surface area contributed by atoms with Crippen molar-refractivity contribution >= 4 is 28.6 Å². The fourth-order valence-electron chi connectivity index (χ4n) is 1.52. The zero-order chi connectivity index (χ0) is 19.1. The van der Waals surface area contributed by atoms with E-state index >= 15 is 0 Å². The van der Waals surface area contributed by atoms with E-state index in [-0.39, 0.29) is 6.61 Å². The number of rotatable bonds is 21. The van der Waals surface area contributed by atoms with E-state index in [0.717, 1.165) is 17.1 Å². The summed E-state index contributed by atoms with van der Waals surface area (Å²) < 4.78 is 37.7. The molecule has 0 bridgehead atoms. The Hall–Kier alpha value is -0.300. The molecule has 0 N–H and O–H groups in total. The quantitative estimate of drug-likeness (QED) is 0.0783. The van der Waals surface area contributed by atoms with Crippen LogP contribution in [-0.2, 0) is 38.0 Å². The van der Waals surface area contributed by atoms with Crippen LogP contribution in [0.3, 0.4) is 0 Å². The summed E-state index contributed by atoms with van der Waals surface area (Å²) in [6.07, 6.45) is 1.12. The molecule has 0 aromatic carbocycles. The monoisotopic (exact) mass is 490 g/mol. The van der Waals surface area contributed by atoms with Gasteiger partial charge in [0.1, 0.15) is 6.61 Å². The van der Waals surface area contributed by atoms with Crippen LogP contribution in [0.1, 0.15) is 0 Å².